The Bertz CT molecular complexity index is 681. The predicted octanol–water partition coefficient (Wildman–Crippen LogP) is 3.09. The van der Waals surface area contributed by atoms with Gasteiger partial charge in [-0.2, -0.15) is 0 Å². The van der Waals surface area contributed by atoms with Gasteiger partial charge >= 0.3 is 0 Å². The molecule has 0 aliphatic rings. The SMILES string of the molecule is CC(=O)N(CCC(=O)NCc1ccc(C)cc1)CCc1ccccc1. The van der Waals surface area contributed by atoms with Crippen LogP contribution in [0.5, 0.6) is 0 Å². The van der Waals surface area contributed by atoms with Gasteiger partial charge in [-0.25, -0.2) is 0 Å². The summed E-state index contributed by atoms with van der Waals surface area (Å²) in [5, 5.41) is 2.91. The van der Waals surface area contributed by atoms with Gasteiger partial charge in [-0.1, -0.05) is 60.2 Å². The highest BCUT2D eigenvalue weighted by Gasteiger charge is 2.11. The largest absolute Gasteiger partial charge is 0.352 e. The van der Waals surface area contributed by atoms with Gasteiger partial charge in [0.1, 0.15) is 0 Å². The zero-order valence-corrected chi connectivity index (χ0v) is 15.0. The molecule has 0 atom stereocenters. The van der Waals surface area contributed by atoms with Crippen LogP contribution in [0.25, 0.3) is 0 Å². The molecule has 0 radical (unpaired) electrons. The van der Waals surface area contributed by atoms with E-state index >= 15 is 0 Å². The van der Waals surface area contributed by atoms with Crippen molar-refractivity contribution < 1.29 is 9.59 Å². The molecule has 1 N–H and O–H groups in total. The summed E-state index contributed by atoms with van der Waals surface area (Å²) >= 11 is 0. The summed E-state index contributed by atoms with van der Waals surface area (Å²) in [5.74, 6) is -0.0335. The highest BCUT2D eigenvalue weighted by molar-refractivity contribution is 5.78. The number of nitrogens with one attached hydrogen (secondary N) is 1. The molecule has 0 saturated heterocycles. The summed E-state index contributed by atoms with van der Waals surface area (Å²) in [6.45, 7) is 5.18. The van der Waals surface area contributed by atoms with Crippen LogP contribution in [-0.4, -0.2) is 29.8 Å². The summed E-state index contributed by atoms with van der Waals surface area (Å²) in [6, 6.07) is 18.1. The summed E-state index contributed by atoms with van der Waals surface area (Å²) in [7, 11) is 0. The molecule has 0 aliphatic heterocycles. The number of nitrogens with zero attached hydrogens (tertiary/aromatic N) is 1. The quantitative estimate of drug-likeness (QED) is 0.804. The molecule has 4 heteroatoms. The van der Waals surface area contributed by atoms with E-state index in [1.54, 1.807) is 11.8 Å². The maximum absolute atomic E-state index is 12.0. The Morgan fingerprint density at radius 1 is 0.920 bits per heavy atom. The average Bonchev–Trinajstić information content (AvgIpc) is 2.61. The third-order valence-electron chi connectivity index (χ3n) is 4.18. The second-order valence-electron chi connectivity index (χ2n) is 6.25. The molecule has 0 fully saturated rings. The number of aryl methyl sites for hydroxylation is 1. The number of carbonyl (C=O) groups is 2. The smallest absolute Gasteiger partial charge is 0.222 e. The van der Waals surface area contributed by atoms with Gasteiger partial charge in [0.15, 0.2) is 0 Å². The molecule has 4 nitrogen and oxygen atoms in total. The fourth-order valence-corrected chi connectivity index (χ4v) is 2.57. The number of hydrogen-bond acceptors (Lipinski definition) is 2. The Kier molecular flexibility index (Phi) is 7.20. The number of carbonyl (C=O) groups excluding carboxylic acids is 2. The van der Waals surface area contributed by atoms with E-state index in [2.05, 4.69) is 5.32 Å². The molecule has 2 aromatic rings. The van der Waals surface area contributed by atoms with E-state index in [1.165, 1.54) is 11.1 Å². The van der Waals surface area contributed by atoms with E-state index in [1.807, 2.05) is 61.5 Å². The van der Waals surface area contributed by atoms with Crippen molar-refractivity contribution >= 4 is 11.8 Å². The van der Waals surface area contributed by atoms with Crippen molar-refractivity contribution in [1.29, 1.82) is 0 Å². The van der Waals surface area contributed by atoms with Crippen LogP contribution < -0.4 is 5.32 Å². The minimum atomic E-state index is -0.0356. The van der Waals surface area contributed by atoms with Crippen LogP contribution in [0.3, 0.4) is 0 Å². The van der Waals surface area contributed by atoms with Crippen LogP contribution >= 0.6 is 0 Å². The standard InChI is InChI=1S/C21H26N2O2/c1-17-8-10-20(11-9-17)16-22-21(25)13-15-23(18(2)24)14-12-19-6-4-3-5-7-19/h3-11H,12-16H2,1-2H3,(H,22,25). The average molecular weight is 338 g/mol. The lowest BCUT2D eigenvalue weighted by molar-refractivity contribution is -0.129. The van der Waals surface area contributed by atoms with Crippen molar-refractivity contribution in [3.8, 4) is 0 Å². The monoisotopic (exact) mass is 338 g/mol. The lowest BCUT2D eigenvalue weighted by atomic mass is 10.1. The van der Waals surface area contributed by atoms with Crippen LogP contribution in [0, 0.1) is 6.92 Å². The number of amides is 2. The van der Waals surface area contributed by atoms with Crippen LogP contribution in [0.15, 0.2) is 54.6 Å². The maximum atomic E-state index is 12.0. The van der Waals surface area contributed by atoms with Crippen LogP contribution in [-0.2, 0) is 22.6 Å². The van der Waals surface area contributed by atoms with E-state index in [-0.39, 0.29) is 11.8 Å². The lowest BCUT2D eigenvalue weighted by Crippen LogP contribution is -2.35. The topological polar surface area (TPSA) is 49.4 Å². The van der Waals surface area contributed by atoms with Gasteiger partial charge < -0.3 is 10.2 Å². The second kappa shape index (κ2) is 9.62. The number of benzene rings is 2. The lowest BCUT2D eigenvalue weighted by Gasteiger charge is -2.21. The third-order valence-corrected chi connectivity index (χ3v) is 4.18. The fourth-order valence-electron chi connectivity index (χ4n) is 2.57. The number of hydrogen-bond donors (Lipinski definition) is 1. The summed E-state index contributed by atoms with van der Waals surface area (Å²) in [6.07, 6.45) is 1.12. The Balaban J connectivity index is 1.74. The Labute approximate surface area is 149 Å². The van der Waals surface area contributed by atoms with Gasteiger partial charge in [0.25, 0.3) is 0 Å². The Morgan fingerprint density at radius 2 is 1.60 bits per heavy atom. The van der Waals surface area contributed by atoms with Crippen LogP contribution in [0.2, 0.25) is 0 Å². The first-order valence-corrected chi connectivity index (χ1v) is 8.66. The van der Waals surface area contributed by atoms with Gasteiger partial charge in [-0.05, 0) is 24.5 Å². The summed E-state index contributed by atoms with van der Waals surface area (Å²) < 4.78 is 0. The van der Waals surface area contributed by atoms with Crippen molar-refractivity contribution in [2.24, 2.45) is 0 Å². The first-order valence-electron chi connectivity index (χ1n) is 8.66. The Hall–Kier alpha value is -2.62. The highest BCUT2D eigenvalue weighted by Crippen LogP contribution is 2.04. The first-order chi connectivity index (χ1) is 12.0. The third kappa shape index (κ3) is 6.79. The van der Waals surface area contributed by atoms with Gasteiger partial charge in [-0.15, -0.1) is 0 Å². The van der Waals surface area contributed by atoms with Gasteiger partial charge in [0.05, 0.1) is 0 Å². The van der Waals surface area contributed by atoms with E-state index < -0.39 is 0 Å². The molecule has 132 valence electrons. The summed E-state index contributed by atoms with van der Waals surface area (Å²) in [4.78, 5) is 25.6. The molecule has 0 aliphatic carbocycles. The highest BCUT2D eigenvalue weighted by atomic mass is 16.2. The first kappa shape index (κ1) is 18.7. The van der Waals surface area contributed by atoms with Crippen LogP contribution in [0.1, 0.15) is 30.0 Å². The minimum Gasteiger partial charge on any atom is -0.352 e. The van der Waals surface area contributed by atoms with Crippen molar-refractivity contribution in [3.05, 3.63) is 71.3 Å². The maximum Gasteiger partial charge on any atom is 0.222 e. The zero-order valence-electron chi connectivity index (χ0n) is 15.0. The molecule has 0 saturated carbocycles. The van der Waals surface area contributed by atoms with Crippen molar-refractivity contribution in [2.45, 2.75) is 33.2 Å². The normalized spacial score (nSPS) is 10.3. The molecule has 0 spiro atoms. The van der Waals surface area contributed by atoms with Crippen molar-refractivity contribution in [1.82, 2.24) is 10.2 Å². The van der Waals surface area contributed by atoms with Gasteiger partial charge in [0.2, 0.25) is 11.8 Å². The van der Waals surface area contributed by atoms with E-state index in [0.717, 1.165) is 12.0 Å². The van der Waals surface area contributed by atoms with E-state index in [4.69, 9.17) is 0 Å². The zero-order chi connectivity index (χ0) is 18.1. The molecule has 25 heavy (non-hydrogen) atoms. The van der Waals surface area contributed by atoms with E-state index in [0.29, 0.717) is 26.1 Å². The minimum absolute atomic E-state index is 0.00210. The predicted molar refractivity (Wildman–Crippen MR) is 100 cm³/mol. The van der Waals surface area contributed by atoms with Gasteiger partial charge in [-0.3, -0.25) is 9.59 Å². The van der Waals surface area contributed by atoms with Gasteiger partial charge in [0, 0.05) is 33.0 Å². The molecular formula is C21H26N2O2. The molecule has 0 heterocycles. The molecule has 2 aromatic carbocycles. The Morgan fingerprint density at radius 3 is 2.24 bits per heavy atom. The molecule has 2 amide bonds. The molecule has 0 bridgehead atoms. The van der Waals surface area contributed by atoms with E-state index in [9.17, 15) is 9.59 Å². The molecule has 0 unspecified atom stereocenters. The molecular weight excluding hydrogens is 312 g/mol. The summed E-state index contributed by atoms with van der Waals surface area (Å²) in [5.41, 5.74) is 3.47. The number of rotatable bonds is 8. The van der Waals surface area contributed by atoms with Crippen molar-refractivity contribution in [3.63, 3.8) is 0 Å². The fraction of sp³-hybridized carbons (Fsp3) is 0.333. The molecule has 2 rings (SSSR count). The second-order valence-corrected chi connectivity index (χ2v) is 6.25. The van der Waals surface area contributed by atoms with Crippen molar-refractivity contribution in [2.75, 3.05) is 13.1 Å². The molecule has 0 aromatic heterocycles. The van der Waals surface area contributed by atoms with Crippen LogP contribution in [0.4, 0.5) is 0 Å².